The molecule has 0 aliphatic rings. The predicted molar refractivity (Wildman–Crippen MR) is 99.4 cm³/mol. The lowest BCUT2D eigenvalue weighted by molar-refractivity contribution is 1.34. The molecule has 8 N–H and O–H groups in total. The highest BCUT2D eigenvalue weighted by Crippen LogP contribution is 2.36. The topological polar surface area (TPSA) is 190 Å². The summed E-state index contributed by atoms with van der Waals surface area (Å²) in [6.45, 7) is 0. The normalized spacial score (nSPS) is 10.8. The van der Waals surface area contributed by atoms with E-state index in [4.69, 9.17) is 22.9 Å². The molecule has 0 fully saturated rings. The predicted octanol–water partition coefficient (Wildman–Crippen LogP) is 1.40. The minimum Gasteiger partial charge on any atom is -0.396 e. The summed E-state index contributed by atoms with van der Waals surface area (Å²) in [6, 6.07) is 8.84. The van der Waals surface area contributed by atoms with E-state index in [0.29, 0.717) is 32.7 Å². The van der Waals surface area contributed by atoms with Gasteiger partial charge in [0, 0.05) is 16.2 Å². The number of aromatic nitrogens is 3. The van der Waals surface area contributed by atoms with Crippen LogP contribution in [-0.2, 0) is 0 Å². The highest BCUT2D eigenvalue weighted by atomic mass is 14.9. The van der Waals surface area contributed by atoms with Crippen molar-refractivity contribution in [3.63, 3.8) is 0 Å². The van der Waals surface area contributed by atoms with E-state index in [-0.39, 0.29) is 34.3 Å². The quantitative estimate of drug-likeness (QED) is 0.342. The van der Waals surface area contributed by atoms with Gasteiger partial charge in [-0.05, 0) is 18.2 Å². The Labute approximate surface area is 146 Å². The highest BCUT2D eigenvalue weighted by molar-refractivity contribution is 6.23. The zero-order chi connectivity index (χ0) is 18.6. The lowest BCUT2D eigenvalue weighted by atomic mass is 10.0. The largest absolute Gasteiger partial charge is 0.396 e. The summed E-state index contributed by atoms with van der Waals surface area (Å²) in [5.74, 6) is 0.285. The molecule has 0 aliphatic carbocycles. The Morgan fingerprint density at radius 2 is 1.08 bits per heavy atom. The molecule has 0 atom stereocenters. The Hall–Kier alpha value is -4.37. The number of nitrogens with two attached hydrogens (primary N) is 4. The van der Waals surface area contributed by atoms with Crippen molar-refractivity contribution in [2.45, 2.75) is 0 Å². The molecule has 26 heavy (non-hydrogen) atoms. The zero-order valence-corrected chi connectivity index (χ0v) is 13.3. The SMILES string of the molecule is N#Cc1cc2c3cc(N)c(N)nc3c3cc(C#N)c(N)nc3c2nc1N. The van der Waals surface area contributed by atoms with Gasteiger partial charge in [-0.25, -0.2) is 15.0 Å². The molecule has 4 aromatic rings. The first-order valence-electron chi connectivity index (χ1n) is 7.43. The van der Waals surface area contributed by atoms with E-state index < -0.39 is 0 Å². The number of anilines is 4. The first-order valence-corrected chi connectivity index (χ1v) is 7.43. The number of nitriles is 2. The fourth-order valence-corrected chi connectivity index (χ4v) is 2.93. The number of hydrogen-bond acceptors (Lipinski definition) is 9. The van der Waals surface area contributed by atoms with E-state index in [2.05, 4.69) is 15.0 Å². The first-order chi connectivity index (χ1) is 12.4. The number of pyridine rings is 3. The van der Waals surface area contributed by atoms with E-state index in [1.807, 2.05) is 12.1 Å². The molecule has 0 spiro atoms. The van der Waals surface area contributed by atoms with E-state index in [1.54, 1.807) is 18.2 Å². The van der Waals surface area contributed by atoms with Crippen molar-refractivity contribution in [1.82, 2.24) is 15.0 Å². The molecule has 9 nitrogen and oxygen atoms in total. The average Bonchev–Trinajstić information content (AvgIpc) is 2.62. The Balaban J connectivity index is 2.39. The fourth-order valence-electron chi connectivity index (χ4n) is 2.93. The molecular formula is C17H11N9. The van der Waals surface area contributed by atoms with Crippen LogP contribution in [0.2, 0.25) is 0 Å². The number of nitrogens with zero attached hydrogens (tertiary/aromatic N) is 5. The van der Waals surface area contributed by atoms with E-state index in [0.717, 1.165) is 0 Å². The second-order valence-electron chi connectivity index (χ2n) is 5.72. The van der Waals surface area contributed by atoms with Crippen molar-refractivity contribution < 1.29 is 0 Å². The maximum absolute atomic E-state index is 9.27. The van der Waals surface area contributed by atoms with Gasteiger partial charge >= 0.3 is 0 Å². The molecule has 0 radical (unpaired) electrons. The van der Waals surface area contributed by atoms with Gasteiger partial charge in [0.25, 0.3) is 0 Å². The van der Waals surface area contributed by atoms with Gasteiger partial charge in [-0.15, -0.1) is 0 Å². The van der Waals surface area contributed by atoms with Gasteiger partial charge in [-0.1, -0.05) is 0 Å². The maximum Gasteiger partial charge on any atom is 0.147 e. The van der Waals surface area contributed by atoms with Gasteiger partial charge in [-0.2, -0.15) is 10.5 Å². The summed E-state index contributed by atoms with van der Waals surface area (Å²) in [4.78, 5) is 13.0. The average molecular weight is 341 g/mol. The Morgan fingerprint density at radius 3 is 1.65 bits per heavy atom. The molecule has 0 aliphatic heterocycles. The summed E-state index contributed by atoms with van der Waals surface area (Å²) in [5, 5.41) is 20.3. The molecule has 0 amide bonds. The Morgan fingerprint density at radius 1 is 0.615 bits per heavy atom. The van der Waals surface area contributed by atoms with Gasteiger partial charge in [0.1, 0.15) is 35.1 Å². The molecule has 124 valence electrons. The Kier molecular flexibility index (Phi) is 2.95. The maximum atomic E-state index is 9.27. The van der Waals surface area contributed by atoms with E-state index in [9.17, 15) is 10.5 Å². The molecule has 9 heteroatoms. The highest BCUT2D eigenvalue weighted by Gasteiger charge is 2.17. The summed E-state index contributed by atoms with van der Waals surface area (Å²) in [6.07, 6.45) is 0. The summed E-state index contributed by atoms with van der Waals surface area (Å²) >= 11 is 0. The second-order valence-corrected chi connectivity index (χ2v) is 5.72. The monoisotopic (exact) mass is 341 g/mol. The fraction of sp³-hybridized carbons (Fsp3) is 0. The zero-order valence-electron chi connectivity index (χ0n) is 13.3. The van der Waals surface area contributed by atoms with Crippen LogP contribution in [0, 0.1) is 22.7 Å². The van der Waals surface area contributed by atoms with Crippen molar-refractivity contribution in [1.29, 1.82) is 10.5 Å². The van der Waals surface area contributed by atoms with Gasteiger partial charge < -0.3 is 22.9 Å². The first kappa shape index (κ1) is 15.2. The van der Waals surface area contributed by atoms with Crippen LogP contribution in [0.25, 0.3) is 32.7 Å². The van der Waals surface area contributed by atoms with Crippen molar-refractivity contribution in [3.8, 4) is 12.1 Å². The number of nitrogen functional groups attached to an aromatic ring is 4. The van der Waals surface area contributed by atoms with Crippen molar-refractivity contribution in [2.24, 2.45) is 0 Å². The van der Waals surface area contributed by atoms with Crippen molar-refractivity contribution >= 4 is 55.8 Å². The summed E-state index contributed by atoms with van der Waals surface area (Å²) < 4.78 is 0. The molecule has 4 rings (SSSR count). The van der Waals surface area contributed by atoms with Crippen LogP contribution in [0.15, 0.2) is 18.2 Å². The minimum absolute atomic E-state index is 0.0637. The third-order valence-electron chi connectivity index (χ3n) is 4.20. The lowest BCUT2D eigenvalue weighted by Crippen LogP contribution is -2.03. The standard InChI is InChI=1S/C17H11N9/c18-4-6-1-8-9-3-11(20)17(23)24-12(9)10-2-7(5-19)16(22)26-14(10)13(8)25-15(6)21/h1-3H,20H2,(H2,21,25)(H2,22,26)(H2,23,24). The van der Waals surface area contributed by atoms with Gasteiger partial charge in [0.05, 0.1) is 27.8 Å². The van der Waals surface area contributed by atoms with Gasteiger partial charge in [0.2, 0.25) is 0 Å². The molecular weight excluding hydrogens is 330 g/mol. The summed E-state index contributed by atoms with van der Waals surface area (Å²) in [5.41, 5.74) is 25.6. The molecule has 0 saturated heterocycles. The molecule has 1 aromatic carbocycles. The number of rotatable bonds is 0. The van der Waals surface area contributed by atoms with Crippen LogP contribution in [0.4, 0.5) is 23.1 Å². The van der Waals surface area contributed by atoms with Crippen LogP contribution < -0.4 is 22.9 Å². The van der Waals surface area contributed by atoms with Crippen LogP contribution in [-0.4, -0.2) is 15.0 Å². The third-order valence-corrected chi connectivity index (χ3v) is 4.20. The molecule has 3 heterocycles. The van der Waals surface area contributed by atoms with Crippen LogP contribution in [0.3, 0.4) is 0 Å². The van der Waals surface area contributed by atoms with Gasteiger partial charge in [0.15, 0.2) is 0 Å². The minimum atomic E-state index is 0.0637. The van der Waals surface area contributed by atoms with Crippen LogP contribution in [0.1, 0.15) is 11.1 Å². The smallest absolute Gasteiger partial charge is 0.147 e. The molecule has 0 saturated carbocycles. The lowest BCUT2D eigenvalue weighted by Gasteiger charge is -2.12. The van der Waals surface area contributed by atoms with E-state index >= 15 is 0 Å². The summed E-state index contributed by atoms with van der Waals surface area (Å²) in [7, 11) is 0. The molecule has 0 unspecified atom stereocenters. The van der Waals surface area contributed by atoms with Crippen LogP contribution in [0.5, 0.6) is 0 Å². The van der Waals surface area contributed by atoms with Gasteiger partial charge in [-0.3, -0.25) is 0 Å². The number of hydrogen-bond donors (Lipinski definition) is 4. The van der Waals surface area contributed by atoms with E-state index in [1.165, 1.54) is 0 Å². The van der Waals surface area contributed by atoms with Crippen LogP contribution >= 0.6 is 0 Å². The number of fused-ring (bicyclic) bond motifs is 6. The number of benzene rings is 1. The molecule has 3 aromatic heterocycles. The van der Waals surface area contributed by atoms with Crippen molar-refractivity contribution in [3.05, 3.63) is 29.3 Å². The second kappa shape index (κ2) is 5.06. The molecule has 0 bridgehead atoms. The van der Waals surface area contributed by atoms with Crippen molar-refractivity contribution in [2.75, 3.05) is 22.9 Å². The third kappa shape index (κ3) is 1.92. The Bertz CT molecular complexity index is 1220.